The summed E-state index contributed by atoms with van der Waals surface area (Å²) < 4.78 is 2.14. The third-order valence-electron chi connectivity index (χ3n) is 6.40. The number of carbonyl (C=O) groups is 1. The normalized spacial score (nSPS) is 18.2. The van der Waals surface area contributed by atoms with Crippen molar-refractivity contribution in [2.45, 2.75) is 56.6 Å². The van der Waals surface area contributed by atoms with E-state index >= 15 is 0 Å². The Bertz CT molecular complexity index is 1310. The number of rotatable bonds is 6. The Morgan fingerprint density at radius 2 is 2.06 bits per heavy atom. The molecular weight excluding hydrogens is 438 g/mol. The predicted octanol–water partition coefficient (Wildman–Crippen LogP) is 4.75. The first kappa shape index (κ1) is 20.2. The molecule has 3 heterocycles. The average Bonchev–Trinajstić information content (AvgIpc) is 3.46. The van der Waals surface area contributed by atoms with E-state index in [4.69, 9.17) is 4.98 Å². The molecule has 0 aliphatic heterocycles. The molecule has 8 heteroatoms. The quantitative estimate of drug-likeness (QED) is 0.418. The number of nitrogens with zero attached hydrogens (tertiary/aromatic N) is 4. The Balaban J connectivity index is 1.29. The van der Waals surface area contributed by atoms with Crippen molar-refractivity contribution in [3.63, 3.8) is 0 Å². The zero-order valence-electron chi connectivity index (χ0n) is 18.0. The molecule has 1 saturated carbocycles. The minimum atomic E-state index is -0.000451. The lowest BCUT2D eigenvalue weighted by atomic mass is 9.89. The van der Waals surface area contributed by atoms with Crippen LogP contribution < -0.4 is 5.32 Å². The van der Waals surface area contributed by atoms with Crippen LogP contribution in [0.25, 0.3) is 15.9 Å². The molecule has 2 aliphatic rings. The van der Waals surface area contributed by atoms with E-state index in [1.54, 1.807) is 0 Å². The number of benzene rings is 1. The van der Waals surface area contributed by atoms with Crippen LogP contribution in [0.3, 0.4) is 0 Å². The monoisotopic (exact) mass is 463 g/mol. The summed E-state index contributed by atoms with van der Waals surface area (Å²) in [4.78, 5) is 20.2. The molecule has 1 N–H and O–H groups in total. The number of hydrogen-bond acceptors (Lipinski definition) is 6. The zero-order valence-corrected chi connectivity index (χ0v) is 19.6. The van der Waals surface area contributed by atoms with Gasteiger partial charge in [-0.2, -0.15) is 0 Å². The van der Waals surface area contributed by atoms with Crippen molar-refractivity contribution in [3.8, 4) is 0 Å². The summed E-state index contributed by atoms with van der Waals surface area (Å²) in [5.74, 6) is 2.58. The maximum atomic E-state index is 12.5. The number of fused-ring (bicyclic) bond motifs is 5. The van der Waals surface area contributed by atoms with E-state index in [-0.39, 0.29) is 5.91 Å². The third kappa shape index (κ3) is 3.69. The van der Waals surface area contributed by atoms with Gasteiger partial charge in [-0.15, -0.1) is 21.5 Å². The maximum Gasteiger partial charge on any atom is 0.230 e. The summed E-state index contributed by atoms with van der Waals surface area (Å²) in [6, 6.07) is 9.97. The van der Waals surface area contributed by atoms with E-state index in [1.807, 2.05) is 41.7 Å². The van der Waals surface area contributed by atoms with E-state index < -0.39 is 0 Å². The lowest BCUT2D eigenvalue weighted by Crippen LogP contribution is -2.24. The molecule has 1 aromatic carbocycles. The van der Waals surface area contributed by atoms with Crippen LogP contribution in [0, 0.1) is 5.92 Å². The van der Waals surface area contributed by atoms with Gasteiger partial charge in [0.05, 0.1) is 11.1 Å². The highest BCUT2D eigenvalue weighted by atomic mass is 32.2. The van der Waals surface area contributed by atoms with E-state index in [1.165, 1.54) is 34.0 Å². The SMILES string of the molecule is CC1CCc2c(sc3nc(C4CC4)n4c(SCC(=O)NCc5ccccc5)nnc4c23)C1. The van der Waals surface area contributed by atoms with Gasteiger partial charge in [0.2, 0.25) is 5.91 Å². The first-order valence-corrected chi connectivity index (χ1v) is 13.1. The second-order valence-electron chi connectivity index (χ2n) is 8.97. The smallest absolute Gasteiger partial charge is 0.230 e. The highest BCUT2D eigenvalue weighted by Crippen LogP contribution is 2.44. The molecule has 1 atom stereocenters. The summed E-state index contributed by atoms with van der Waals surface area (Å²) in [5.41, 5.74) is 3.45. The maximum absolute atomic E-state index is 12.5. The fourth-order valence-electron chi connectivity index (χ4n) is 4.52. The zero-order chi connectivity index (χ0) is 21.7. The number of thiophene rings is 1. The van der Waals surface area contributed by atoms with Gasteiger partial charge < -0.3 is 5.32 Å². The van der Waals surface area contributed by atoms with E-state index in [0.29, 0.717) is 18.2 Å². The number of amides is 1. The molecule has 1 fully saturated rings. The number of nitrogens with one attached hydrogen (secondary N) is 1. The van der Waals surface area contributed by atoms with Crippen molar-refractivity contribution in [2.24, 2.45) is 5.92 Å². The molecule has 0 saturated heterocycles. The number of hydrogen-bond donors (Lipinski definition) is 1. The van der Waals surface area contributed by atoms with Gasteiger partial charge in [0.15, 0.2) is 10.8 Å². The summed E-state index contributed by atoms with van der Waals surface area (Å²) in [7, 11) is 0. The fourth-order valence-corrected chi connectivity index (χ4v) is 6.68. The van der Waals surface area contributed by atoms with Crippen molar-refractivity contribution < 1.29 is 4.79 Å². The summed E-state index contributed by atoms with van der Waals surface area (Å²) in [5, 5.41) is 14.1. The summed E-state index contributed by atoms with van der Waals surface area (Å²) in [6.45, 7) is 2.87. The number of aryl methyl sites for hydroxylation is 1. The molecule has 1 amide bonds. The van der Waals surface area contributed by atoms with Crippen LogP contribution >= 0.6 is 23.1 Å². The van der Waals surface area contributed by atoms with Crippen molar-refractivity contribution in [1.82, 2.24) is 24.9 Å². The van der Waals surface area contributed by atoms with Crippen molar-refractivity contribution in [3.05, 3.63) is 52.2 Å². The third-order valence-corrected chi connectivity index (χ3v) is 8.48. The summed E-state index contributed by atoms with van der Waals surface area (Å²) in [6.07, 6.45) is 5.77. The molecule has 4 aromatic rings. The fraction of sp³-hybridized carbons (Fsp3) is 0.417. The van der Waals surface area contributed by atoms with Gasteiger partial charge in [-0.25, -0.2) is 4.98 Å². The second kappa shape index (κ2) is 8.15. The first-order chi connectivity index (χ1) is 15.7. The van der Waals surface area contributed by atoms with Gasteiger partial charge in [-0.1, -0.05) is 49.0 Å². The van der Waals surface area contributed by atoms with Crippen molar-refractivity contribution in [2.75, 3.05) is 5.75 Å². The largest absolute Gasteiger partial charge is 0.351 e. The molecule has 6 nitrogen and oxygen atoms in total. The van der Waals surface area contributed by atoms with Gasteiger partial charge >= 0.3 is 0 Å². The van der Waals surface area contributed by atoms with Gasteiger partial charge in [0, 0.05) is 17.3 Å². The summed E-state index contributed by atoms with van der Waals surface area (Å²) >= 11 is 3.30. The Morgan fingerprint density at radius 3 is 2.88 bits per heavy atom. The van der Waals surface area contributed by atoms with Gasteiger partial charge in [0.1, 0.15) is 10.7 Å². The molecular formula is C24H25N5OS2. The van der Waals surface area contributed by atoms with Gasteiger partial charge in [0.25, 0.3) is 0 Å². The predicted molar refractivity (Wildman–Crippen MR) is 128 cm³/mol. The average molecular weight is 464 g/mol. The minimum absolute atomic E-state index is 0.000451. The Labute approximate surface area is 194 Å². The van der Waals surface area contributed by atoms with Crippen LogP contribution in [-0.4, -0.2) is 31.2 Å². The lowest BCUT2D eigenvalue weighted by Gasteiger charge is -2.17. The van der Waals surface area contributed by atoms with Crippen LogP contribution in [-0.2, 0) is 24.2 Å². The van der Waals surface area contributed by atoms with Crippen LogP contribution in [0.5, 0.6) is 0 Å². The van der Waals surface area contributed by atoms with Crippen LogP contribution in [0.4, 0.5) is 0 Å². The molecule has 3 aromatic heterocycles. The Hall–Kier alpha value is -2.45. The van der Waals surface area contributed by atoms with Crippen molar-refractivity contribution >= 4 is 44.9 Å². The lowest BCUT2D eigenvalue weighted by molar-refractivity contribution is -0.118. The van der Waals surface area contributed by atoms with E-state index in [0.717, 1.165) is 58.6 Å². The van der Waals surface area contributed by atoms with E-state index in [2.05, 4.69) is 26.8 Å². The molecule has 2 aliphatic carbocycles. The first-order valence-electron chi connectivity index (χ1n) is 11.3. The molecule has 32 heavy (non-hydrogen) atoms. The molecule has 1 unspecified atom stereocenters. The second-order valence-corrected chi connectivity index (χ2v) is 11.0. The standard InChI is InChI=1S/C24H25N5OS2/c1-14-7-10-17-18(11-14)32-23-20(17)22-27-28-24(29(22)21(26-23)16-8-9-16)31-13-19(30)25-12-15-5-3-2-4-6-15/h2-6,14,16H,7-13H2,1H3,(H,25,30). The Kier molecular flexibility index (Phi) is 5.14. The Morgan fingerprint density at radius 1 is 1.22 bits per heavy atom. The highest BCUT2D eigenvalue weighted by Gasteiger charge is 2.32. The topological polar surface area (TPSA) is 72.2 Å². The molecule has 0 radical (unpaired) electrons. The van der Waals surface area contributed by atoms with Gasteiger partial charge in [-0.05, 0) is 49.1 Å². The van der Waals surface area contributed by atoms with Crippen molar-refractivity contribution in [1.29, 1.82) is 0 Å². The minimum Gasteiger partial charge on any atom is -0.351 e. The van der Waals surface area contributed by atoms with E-state index in [9.17, 15) is 4.79 Å². The van der Waals surface area contributed by atoms with Gasteiger partial charge in [-0.3, -0.25) is 9.20 Å². The van der Waals surface area contributed by atoms with Crippen LogP contribution in [0.15, 0.2) is 35.5 Å². The molecule has 6 rings (SSSR count). The number of aromatic nitrogens is 4. The number of thioether (sulfide) groups is 1. The molecule has 0 spiro atoms. The van der Waals surface area contributed by atoms with Crippen LogP contribution in [0.1, 0.15) is 53.9 Å². The highest BCUT2D eigenvalue weighted by molar-refractivity contribution is 7.99. The number of carbonyl (C=O) groups excluding carboxylic acids is 1. The van der Waals surface area contributed by atoms with Crippen LogP contribution in [0.2, 0.25) is 0 Å². The molecule has 164 valence electrons. The molecule has 0 bridgehead atoms.